The Balaban J connectivity index is 2.50. The highest BCUT2D eigenvalue weighted by Crippen LogP contribution is 2.28. The summed E-state index contributed by atoms with van der Waals surface area (Å²) in [7, 11) is 0. The Morgan fingerprint density at radius 2 is 1.93 bits per heavy atom. The van der Waals surface area contributed by atoms with Crippen molar-refractivity contribution in [3.05, 3.63) is 51.9 Å². The molecule has 0 N–H and O–H groups in total. The van der Waals surface area contributed by atoms with E-state index in [0.29, 0.717) is 11.6 Å². The van der Waals surface area contributed by atoms with Gasteiger partial charge in [0.15, 0.2) is 5.69 Å². The summed E-state index contributed by atoms with van der Waals surface area (Å²) in [6.07, 6.45) is -5.13. The van der Waals surface area contributed by atoms with Crippen molar-refractivity contribution < 1.29 is 27.4 Å². The molecule has 0 bridgehead atoms. The zero-order valence-corrected chi connectivity index (χ0v) is 15.0. The van der Waals surface area contributed by atoms with Crippen LogP contribution in [0.2, 0.25) is 0 Å². The summed E-state index contributed by atoms with van der Waals surface area (Å²) in [5.74, 6) is -0.259. The van der Waals surface area contributed by atoms with Crippen molar-refractivity contribution >= 4 is 5.97 Å². The summed E-state index contributed by atoms with van der Waals surface area (Å²) in [4.78, 5) is 27.3. The van der Waals surface area contributed by atoms with Gasteiger partial charge in [0.2, 0.25) is 0 Å². The minimum absolute atomic E-state index is 0.151. The van der Waals surface area contributed by atoms with Gasteiger partial charge in [-0.3, -0.25) is 14.2 Å². The fourth-order valence-corrected chi connectivity index (χ4v) is 2.18. The number of halogens is 3. The number of carbonyl (C=O) groups is 1. The standard InChI is InChI=1S/C18H19F3N2O4/c1-4-16(25)27-13-8-6-5-7-12(13)10-23-15(24)9-14(18(19,20)21)22-17(23)26-11(2)3/h5-9,11H,4,10H2,1-3H3. The minimum Gasteiger partial charge on any atom is -0.462 e. The molecule has 0 saturated carbocycles. The normalized spacial score (nSPS) is 11.5. The minimum atomic E-state index is -4.78. The second kappa shape index (κ2) is 8.24. The number of hydrogen-bond acceptors (Lipinski definition) is 5. The third-order valence-corrected chi connectivity index (χ3v) is 3.42. The Hall–Kier alpha value is -2.84. The molecular weight excluding hydrogens is 365 g/mol. The van der Waals surface area contributed by atoms with Crippen LogP contribution in [-0.4, -0.2) is 21.6 Å². The van der Waals surface area contributed by atoms with Gasteiger partial charge in [-0.25, -0.2) is 0 Å². The number of aromatic nitrogens is 2. The average Bonchev–Trinajstić information content (AvgIpc) is 2.57. The molecule has 0 aliphatic heterocycles. The van der Waals surface area contributed by atoms with Crippen molar-refractivity contribution in [1.82, 2.24) is 9.55 Å². The Morgan fingerprint density at radius 1 is 1.26 bits per heavy atom. The molecular formula is C18H19F3N2O4. The number of nitrogens with zero attached hydrogens (tertiary/aromatic N) is 2. The first-order valence-corrected chi connectivity index (χ1v) is 8.26. The van der Waals surface area contributed by atoms with Gasteiger partial charge in [0, 0.05) is 18.1 Å². The van der Waals surface area contributed by atoms with Crippen LogP contribution in [0.5, 0.6) is 11.8 Å². The predicted octanol–water partition coefficient (Wildman–Crippen LogP) is 3.41. The fraction of sp³-hybridized carbons (Fsp3) is 0.389. The van der Waals surface area contributed by atoms with E-state index in [1.54, 1.807) is 39.0 Å². The zero-order valence-electron chi connectivity index (χ0n) is 15.0. The van der Waals surface area contributed by atoms with Crippen molar-refractivity contribution in [3.63, 3.8) is 0 Å². The smallest absolute Gasteiger partial charge is 0.433 e. The van der Waals surface area contributed by atoms with Crippen molar-refractivity contribution in [2.24, 2.45) is 0 Å². The van der Waals surface area contributed by atoms with E-state index in [0.717, 1.165) is 4.57 Å². The largest absolute Gasteiger partial charge is 0.462 e. The van der Waals surface area contributed by atoms with E-state index >= 15 is 0 Å². The molecule has 1 aromatic carbocycles. The SMILES string of the molecule is CCC(=O)Oc1ccccc1Cn1c(OC(C)C)nc(C(F)(F)F)cc1=O. The monoisotopic (exact) mass is 384 g/mol. The highest BCUT2D eigenvalue weighted by atomic mass is 19.4. The molecule has 1 aromatic heterocycles. The van der Waals surface area contributed by atoms with Crippen LogP contribution in [0.4, 0.5) is 13.2 Å². The number of hydrogen-bond donors (Lipinski definition) is 0. The number of carbonyl (C=O) groups excluding carboxylic acids is 1. The Morgan fingerprint density at radius 3 is 2.52 bits per heavy atom. The van der Waals surface area contributed by atoms with Crippen LogP contribution in [-0.2, 0) is 17.5 Å². The summed E-state index contributed by atoms with van der Waals surface area (Å²) >= 11 is 0. The number of alkyl halides is 3. The summed E-state index contributed by atoms with van der Waals surface area (Å²) in [6.45, 7) is 4.67. The third kappa shape index (κ3) is 5.32. The van der Waals surface area contributed by atoms with Gasteiger partial charge in [0.1, 0.15) is 5.75 Å². The Labute approximate surface area is 153 Å². The first kappa shape index (κ1) is 20.5. The first-order chi connectivity index (χ1) is 12.6. The average molecular weight is 384 g/mol. The molecule has 2 rings (SSSR count). The van der Waals surface area contributed by atoms with Crippen LogP contribution in [0, 0.1) is 0 Å². The molecule has 146 valence electrons. The molecule has 0 aliphatic carbocycles. The van der Waals surface area contributed by atoms with Gasteiger partial charge in [-0.1, -0.05) is 25.1 Å². The van der Waals surface area contributed by atoms with Gasteiger partial charge in [-0.15, -0.1) is 0 Å². The van der Waals surface area contributed by atoms with Crippen molar-refractivity contribution in [1.29, 1.82) is 0 Å². The quantitative estimate of drug-likeness (QED) is 0.564. The van der Waals surface area contributed by atoms with Crippen molar-refractivity contribution in [3.8, 4) is 11.8 Å². The maximum atomic E-state index is 13.0. The zero-order chi connectivity index (χ0) is 20.2. The molecule has 0 atom stereocenters. The summed E-state index contributed by atoms with van der Waals surface area (Å²) < 4.78 is 50.4. The van der Waals surface area contributed by atoms with Gasteiger partial charge in [0.25, 0.3) is 11.6 Å². The number of para-hydroxylation sites is 1. The molecule has 0 amide bonds. The van der Waals surface area contributed by atoms with Gasteiger partial charge < -0.3 is 9.47 Å². The molecule has 6 nitrogen and oxygen atoms in total. The van der Waals surface area contributed by atoms with Crippen LogP contribution in [0.15, 0.2) is 35.1 Å². The number of benzene rings is 1. The van der Waals surface area contributed by atoms with Crippen molar-refractivity contribution in [2.45, 2.75) is 46.0 Å². The maximum Gasteiger partial charge on any atom is 0.433 e. The van der Waals surface area contributed by atoms with Crippen LogP contribution >= 0.6 is 0 Å². The molecule has 1 heterocycles. The molecule has 2 aromatic rings. The first-order valence-electron chi connectivity index (χ1n) is 8.26. The van der Waals surface area contributed by atoms with E-state index in [2.05, 4.69) is 4.98 Å². The molecule has 27 heavy (non-hydrogen) atoms. The van der Waals surface area contributed by atoms with E-state index in [1.165, 1.54) is 6.07 Å². The molecule has 0 spiro atoms. The predicted molar refractivity (Wildman–Crippen MR) is 90.7 cm³/mol. The molecule has 0 unspecified atom stereocenters. The molecule has 0 radical (unpaired) electrons. The summed E-state index contributed by atoms with van der Waals surface area (Å²) in [5, 5.41) is 0. The maximum absolute atomic E-state index is 13.0. The van der Waals surface area contributed by atoms with Gasteiger partial charge in [-0.2, -0.15) is 18.2 Å². The van der Waals surface area contributed by atoms with Crippen LogP contribution < -0.4 is 15.0 Å². The van der Waals surface area contributed by atoms with Crippen LogP contribution in [0.1, 0.15) is 38.4 Å². The second-order valence-corrected chi connectivity index (χ2v) is 5.95. The molecule has 9 heteroatoms. The lowest BCUT2D eigenvalue weighted by atomic mass is 10.2. The van der Waals surface area contributed by atoms with E-state index in [9.17, 15) is 22.8 Å². The number of esters is 1. The molecule has 0 aliphatic rings. The van der Waals surface area contributed by atoms with E-state index in [4.69, 9.17) is 9.47 Å². The van der Waals surface area contributed by atoms with E-state index < -0.39 is 35.5 Å². The lowest BCUT2D eigenvalue weighted by Gasteiger charge is -2.17. The highest BCUT2D eigenvalue weighted by molar-refractivity contribution is 5.72. The Bertz CT molecular complexity index is 876. The molecule has 0 fully saturated rings. The van der Waals surface area contributed by atoms with Crippen molar-refractivity contribution in [2.75, 3.05) is 0 Å². The van der Waals surface area contributed by atoms with Gasteiger partial charge in [-0.05, 0) is 19.9 Å². The molecule has 0 saturated heterocycles. The summed E-state index contributed by atoms with van der Waals surface area (Å²) in [5.41, 5.74) is -1.83. The topological polar surface area (TPSA) is 70.4 Å². The van der Waals surface area contributed by atoms with E-state index in [-0.39, 0.29) is 18.7 Å². The van der Waals surface area contributed by atoms with Crippen LogP contribution in [0.25, 0.3) is 0 Å². The lowest BCUT2D eigenvalue weighted by molar-refractivity contribution is -0.141. The van der Waals surface area contributed by atoms with E-state index in [1.807, 2.05) is 0 Å². The lowest BCUT2D eigenvalue weighted by Crippen LogP contribution is -2.28. The number of ether oxygens (including phenoxy) is 2. The Kier molecular flexibility index (Phi) is 6.24. The van der Waals surface area contributed by atoms with Crippen LogP contribution in [0.3, 0.4) is 0 Å². The van der Waals surface area contributed by atoms with Gasteiger partial charge in [0.05, 0.1) is 12.6 Å². The fourth-order valence-electron chi connectivity index (χ4n) is 2.18. The highest BCUT2D eigenvalue weighted by Gasteiger charge is 2.34. The van der Waals surface area contributed by atoms with Gasteiger partial charge >= 0.3 is 12.1 Å². The second-order valence-electron chi connectivity index (χ2n) is 5.95. The third-order valence-electron chi connectivity index (χ3n) is 3.42. The number of rotatable bonds is 6. The summed E-state index contributed by atoms with van der Waals surface area (Å²) in [6, 6.07) is 6.39.